The van der Waals surface area contributed by atoms with Crippen molar-refractivity contribution in [3.05, 3.63) is 35.9 Å². The van der Waals surface area contributed by atoms with Gasteiger partial charge < -0.3 is 5.73 Å². The number of alkyl halides is 2. The molecule has 1 heterocycles. The van der Waals surface area contributed by atoms with Gasteiger partial charge in [0.1, 0.15) is 0 Å². The number of benzene rings is 1. The molecule has 2 nitrogen and oxygen atoms in total. The zero-order valence-electron chi connectivity index (χ0n) is 10.9. The van der Waals surface area contributed by atoms with E-state index < -0.39 is 5.92 Å². The predicted molar refractivity (Wildman–Crippen MR) is 68.5 cm³/mol. The van der Waals surface area contributed by atoms with Crippen molar-refractivity contribution in [1.82, 2.24) is 4.90 Å². The monoisotopic (exact) mass is 254 g/mol. The van der Waals surface area contributed by atoms with Gasteiger partial charge in [0.05, 0.1) is 6.54 Å². The van der Waals surface area contributed by atoms with Crippen LogP contribution in [-0.4, -0.2) is 30.1 Å². The molecule has 0 aromatic heterocycles. The first-order valence-electron chi connectivity index (χ1n) is 6.28. The second-order valence-electron chi connectivity index (χ2n) is 5.60. The molecule has 1 aromatic carbocycles. The zero-order valence-corrected chi connectivity index (χ0v) is 10.9. The molecule has 4 heteroatoms. The van der Waals surface area contributed by atoms with Crippen molar-refractivity contribution in [2.24, 2.45) is 11.7 Å². The summed E-state index contributed by atoms with van der Waals surface area (Å²) < 4.78 is 28.0. The Morgan fingerprint density at radius 3 is 2.33 bits per heavy atom. The molecule has 0 aliphatic carbocycles. The van der Waals surface area contributed by atoms with E-state index in [1.54, 1.807) is 23.1 Å². The van der Waals surface area contributed by atoms with Crippen molar-refractivity contribution in [3.63, 3.8) is 0 Å². The van der Waals surface area contributed by atoms with Gasteiger partial charge in [0, 0.05) is 24.2 Å². The molecular weight excluding hydrogens is 234 g/mol. The van der Waals surface area contributed by atoms with E-state index in [1.165, 1.54) is 12.1 Å². The van der Waals surface area contributed by atoms with Gasteiger partial charge in [-0.05, 0) is 5.92 Å². The highest BCUT2D eigenvalue weighted by Crippen LogP contribution is 2.33. The molecular formula is C14H20F2N2. The Morgan fingerprint density at radius 2 is 1.83 bits per heavy atom. The predicted octanol–water partition coefficient (Wildman–Crippen LogP) is 2.45. The maximum Gasteiger partial charge on any atom is 0.285 e. The van der Waals surface area contributed by atoms with Crippen molar-refractivity contribution < 1.29 is 8.78 Å². The van der Waals surface area contributed by atoms with E-state index in [1.807, 2.05) is 13.8 Å². The third kappa shape index (κ3) is 2.54. The topological polar surface area (TPSA) is 29.3 Å². The highest BCUT2D eigenvalue weighted by molar-refractivity contribution is 5.21. The van der Waals surface area contributed by atoms with Gasteiger partial charge >= 0.3 is 0 Å². The van der Waals surface area contributed by atoms with E-state index in [-0.39, 0.29) is 17.6 Å². The van der Waals surface area contributed by atoms with Crippen LogP contribution in [0.2, 0.25) is 0 Å². The third-order valence-electron chi connectivity index (χ3n) is 3.80. The van der Waals surface area contributed by atoms with Crippen LogP contribution in [0.5, 0.6) is 0 Å². The number of hydrogen-bond donors (Lipinski definition) is 1. The number of rotatable bonds is 4. The summed E-state index contributed by atoms with van der Waals surface area (Å²) in [5, 5.41) is 0. The quantitative estimate of drug-likeness (QED) is 0.894. The fourth-order valence-electron chi connectivity index (χ4n) is 2.32. The molecule has 18 heavy (non-hydrogen) atoms. The number of hydrogen-bond acceptors (Lipinski definition) is 2. The standard InChI is InChI=1S/C14H20F2N2/c1-11(2)13(17)8-18(9-13)10-14(15,16)12-6-4-3-5-7-12/h3-7,11H,8-10,17H2,1-2H3. The molecule has 0 spiro atoms. The molecule has 1 saturated heterocycles. The molecule has 0 amide bonds. The molecule has 0 saturated carbocycles. The normalized spacial score (nSPS) is 19.9. The van der Waals surface area contributed by atoms with Gasteiger partial charge in [0.15, 0.2) is 0 Å². The lowest BCUT2D eigenvalue weighted by Gasteiger charge is -2.51. The van der Waals surface area contributed by atoms with Gasteiger partial charge in [-0.3, -0.25) is 4.90 Å². The summed E-state index contributed by atoms with van der Waals surface area (Å²) in [6.45, 7) is 4.92. The summed E-state index contributed by atoms with van der Waals surface area (Å²) >= 11 is 0. The number of likely N-dealkylation sites (tertiary alicyclic amines) is 1. The summed E-state index contributed by atoms with van der Waals surface area (Å²) in [5.41, 5.74) is 5.88. The minimum absolute atomic E-state index is 0.0732. The van der Waals surface area contributed by atoms with E-state index in [0.29, 0.717) is 19.0 Å². The second-order valence-corrected chi connectivity index (χ2v) is 5.60. The number of nitrogens with zero attached hydrogens (tertiary/aromatic N) is 1. The Kier molecular flexibility index (Phi) is 3.43. The van der Waals surface area contributed by atoms with Crippen molar-refractivity contribution in [3.8, 4) is 0 Å². The highest BCUT2D eigenvalue weighted by Gasteiger charge is 2.46. The van der Waals surface area contributed by atoms with Gasteiger partial charge in [-0.15, -0.1) is 0 Å². The van der Waals surface area contributed by atoms with Gasteiger partial charge in [-0.25, -0.2) is 0 Å². The molecule has 0 atom stereocenters. The molecule has 2 N–H and O–H groups in total. The van der Waals surface area contributed by atoms with E-state index in [0.717, 1.165) is 0 Å². The van der Waals surface area contributed by atoms with Crippen molar-refractivity contribution in [1.29, 1.82) is 0 Å². The first-order chi connectivity index (χ1) is 8.33. The van der Waals surface area contributed by atoms with Crippen LogP contribution in [0, 0.1) is 5.92 Å². The second kappa shape index (κ2) is 4.59. The van der Waals surface area contributed by atoms with Crippen LogP contribution in [0.25, 0.3) is 0 Å². The molecule has 1 fully saturated rings. The van der Waals surface area contributed by atoms with E-state index in [4.69, 9.17) is 5.73 Å². The fourth-order valence-corrected chi connectivity index (χ4v) is 2.32. The molecule has 1 aliphatic heterocycles. The summed E-state index contributed by atoms with van der Waals surface area (Å²) in [6.07, 6.45) is 0. The average Bonchev–Trinajstić information content (AvgIpc) is 2.27. The Morgan fingerprint density at radius 1 is 1.28 bits per heavy atom. The van der Waals surface area contributed by atoms with Gasteiger partial charge in [0.25, 0.3) is 5.92 Å². The summed E-state index contributed by atoms with van der Waals surface area (Å²) in [6, 6.07) is 7.96. The van der Waals surface area contributed by atoms with Crippen LogP contribution in [0.1, 0.15) is 19.4 Å². The lowest BCUT2D eigenvalue weighted by atomic mass is 9.80. The number of halogens is 2. The maximum atomic E-state index is 14.0. The first kappa shape index (κ1) is 13.4. The molecule has 100 valence electrons. The Hall–Kier alpha value is -1.00. The third-order valence-corrected chi connectivity index (χ3v) is 3.80. The summed E-state index contributed by atoms with van der Waals surface area (Å²) in [7, 11) is 0. The van der Waals surface area contributed by atoms with Crippen molar-refractivity contribution in [2.45, 2.75) is 25.3 Å². The van der Waals surface area contributed by atoms with E-state index in [2.05, 4.69) is 0 Å². The Bertz CT molecular complexity index is 398. The van der Waals surface area contributed by atoms with Gasteiger partial charge in [0.2, 0.25) is 0 Å². The molecule has 0 bridgehead atoms. The molecule has 2 rings (SSSR count). The first-order valence-corrected chi connectivity index (χ1v) is 6.28. The van der Waals surface area contributed by atoms with Crippen LogP contribution in [0.3, 0.4) is 0 Å². The minimum Gasteiger partial charge on any atom is -0.323 e. The van der Waals surface area contributed by atoms with E-state index >= 15 is 0 Å². The lowest BCUT2D eigenvalue weighted by Crippen LogP contribution is -2.70. The maximum absolute atomic E-state index is 14.0. The van der Waals surface area contributed by atoms with Crippen molar-refractivity contribution in [2.75, 3.05) is 19.6 Å². The van der Waals surface area contributed by atoms with Crippen LogP contribution < -0.4 is 5.73 Å². The van der Waals surface area contributed by atoms with Crippen LogP contribution in [0.4, 0.5) is 8.78 Å². The molecule has 0 radical (unpaired) electrons. The SMILES string of the molecule is CC(C)C1(N)CN(CC(F)(F)c2ccccc2)C1. The summed E-state index contributed by atoms with van der Waals surface area (Å²) in [4.78, 5) is 1.73. The van der Waals surface area contributed by atoms with E-state index in [9.17, 15) is 8.78 Å². The lowest BCUT2D eigenvalue weighted by molar-refractivity contribution is -0.0786. The van der Waals surface area contributed by atoms with Gasteiger partial charge in [-0.1, -0.05) is 44.2 Å². The van der Waals surface area contributed by atoms with Gasteiger partial charge in [-0.2, -0.15) is 8.78 Å². The Balaban J connectivity index is 1.96. The average molecular weight is 254 g/mol. The summed E-state index contributed by atoms with van der Waals surface area (Å²) in [5.74, 6) is -2.49. The Labute approximate surface area is 107 Å². The van der Waals surface area contributed by atoms with Crippen LogP contribution >= 0.6 is 0 Å². The molecule has 1 aromatic rings. The van der Waals surface area contributed by atoms with Crippen molar-refractivity contribution >= 4 is 0 Å². The smallest absolute Gasteiger partial charge is 0.285 e. The van der Waals surface area contributed by atoms with Crippen LogP contribution in [-0.2, 0) is 5.92 Å². The fraction of sp³-hybridized carbons (Fsp3) is 0.571. The minimum atomic E-state index is -2.81. The number of nitrogens with two attached hydrogens (primary N) is 1. The molecule has 0 unspecified atom stereocenters. The van der Waals surface area contributed by atoms with Crippen LogP contribution in [0.15, 0.2) is 30.3 Å². The zero-order chi connectivity index (χ0) is 13.4. The highest BCUT2D eigenvalue weighted by atomic mass is 19.3. The largest absolute Gasteiger partial charge is 0.323 e. The molecule has 1 aliphatic rings.